The molecule has 3 aromatic carbocycles. The monoisotopic (exact) mass is 512 g/mol. The van der Waals surface area contributed by atoms with Gasteiger partial charge in [-0.3, -0.25) is 10.1 Å². The summed E-state index contributed by atoms with van der Waals surface area (Å²) in [6.45, 7) is 0.246. The summed E-state index contributed by atoms with van der Waals surface area (Å²) in [5, 5.41) is 20.3. The van der Waals surface area contributed by atoms with Gasteiger partial charge < -0.3 is 9.47 Å². The van der Waals surface area contributed by atoms with Crippen molar-refractivity contribution in [2.45, 2.75) is 6.61 Å². The molecule has 0 spiro atoms. The number of rotatable bonds is 7. The van der Waals surface area contributed by atoms with Crippen molar-refractivity contribution in [3.05, 3.63) is 97.1 Å². The van der Waals surface area contributed by atoms with Crippen LogP contribution in [0.4, 0.5) is 5.69 Å². The highest BCUT2D eigenvalue weighted by atomic mass is 127. The lowest BCUT2D eigenvalue weighted by atomic mass is 10.0. The summed E-state index contributed by atoms with van der Waals surface area (Å²) < 4.78 is 12.4. The molecule has 0 amide bonds. The van der Waals surface area contributed by atoms with Crippen molar-refractivity contribution in [2.24, 2.45) is 0 Å². The number of methoxy groups -OCH3 is 1. The quantitative estimate of drug-likeness (QED) is 0.130. The van der Waals surface area contributed by atoms with E-state index in [4.69, 9.17) is 9.47 Å². The molecule has 0 atom stereocenters. The number of allylic oxidation sites excluding steroid dienone is 1. The molecule has 0 bridgehead atoms. The van der Waals surface area contributed by atoms with Gasteiger partial charge in [0.2, 0.25) is 0 Å². The Bertz CT molecular complexity index is 1120. The third-order valence-electron chi connectivity index (χ3n) is 4.32. The Kier molecular flexibility index (Phi) is 7.03. The molecule has 0 radical (unpaired) electrons. The number of halogens is 1. The summed E-state index contributed by atoms with van der Waals surface area (Å²) in [4.78, 5) is 10.3. The number of nitro groups is 1. The van der Waals surface area contributed by atoms with Crippen LogP contribution < -0.4 is 9.47 Å². The number of benzene rings is 3. The van der Waals surface area contributed by atoms with Gasteiger partial charge >= 0.3 is 0 Å². The normalized spacial score (nSPS) is 10.9. The lowest BCUT2D eigenvalue weighted by Crippen LogP contribution is -1.98. The predicted octanol–water partition coefficient (Wildman–Crippen LogP) is 5.85. The van der Waals surface area contributed by atoms with Gasteiger partial charge in [0.05, 0.1) is 23.7 Å². The maximum atomic E-state index is 10.7. The van der Waals surface area contributed by atoms with Crippen LogP contribution in [-0.2, 0) is 6.61 Å². The van der Waals surface area contributed by atoms with Gasteiger partial charge in [-0.15, -0.1) is 0 Å². The van der Waals surface area contributed by atoms with Crippen LogP contribution in [-0.4, -0.2) is 12.0 Å². The number of nitriles is 1. The zero-order chi connectivity index (χ0) is 21.5. The second-order valence-electron chi connectivity index (χ2n) is 6.30. The van der Waals surface area contributed by atoms with Crippen LogP contribution in [0.3, 0.4) is 0 Å². The van der Waals surface area contributed by atoms with Crippen molar-refractivity contribution in [2.75, 3.05) is 7.11 Å². The molecule has 0 heterocycles. The maximum Gasteiger partial charge on any atom is 0.269 e. The molecule has 0 aliphatic carbocycles. The van der Waals surface area contributed by atoms with Crippen LogP contribution in [0.1, 0.15) is 16.7 Å². The highest BCUT2D eigenvalue weighted by molar-refractivity contribution is 14.1. The van der Waals surface area contributed by atoms with Gasteiger partial charge in [0.15, 0.2) is 11.5 Å². The zero-order valence-electron chi connectivity index (χ0n) is 16.0. The molecule has 7 heteroatoms. The van der Waals surface area contributed by atoms with E-state index in [2.05, 4.69) is 28.7 Å². The minimum Gasteiger partial charge on any atom is -0.493 e. The molecule has 30 heavy (non-hydrogen) atoms. The largest absolute Gasteiger partial charge is 0.493 e. The Labute approximate surface area is 187 Å². The smallest absolute Gasteiger partial charge is 0.269 e. The van der Waals surface area contributed by atoms with E-state index in [1.54, 1.807) is 37.5 Å². The fraction of sp³-hybridized carbons (Fsp3) is 0.0870. The van der Waals surface area contributed by atoms with Crippen LogP contribution in [0, 0.1) is 25.0 Å². The highest BCUT2D eigenvalue weighted by Gasteiger charge is 2.09. The number of hydrogen-bond acceptors (Lipinski definition) is 5. The number of nitro benzene ring substituents is 1. The summed E-state index contributed by atoms with van der Waals surface area (Å²) in [6, 6.07) is 21.6. The highest BCUT2D eigenvalue weighted by Crippen LogP contribution is 2.30. The molecular formula is C23H17IN2O4. The number of hydrogen-bond donors (Lipinski definition) is 0. The molecule has 0 aliphatic rings. The van der Waals surface area contributed by atoms with Gasteiger partial charge in [0, 0.05) is 15.7 Å². The SMILES string of the molecule is COc1cc(/C=C(/C#N)c2ccc(I)cc2)ccc1OCc1ccc([N+](=O)[O-])cc1. The Morgan fingerprint density at radius 2 is 1.80 bits per heavy atom. The zero-order valence-corrected chi connectivity index (χ0v) is 18.2. The van der Waals surface area contributed by atoms with Gasteiger partial charge in [-0.05, 0) is 81.8 Å². The predicted molar refractivity (Wildman–Crippen MR) is 123 cm³/mol. The molecule has 6 nitrogen and oxygen atoms in total. The van der Waals surface area contributed by atoms with Crippen LogP contribution in [0.15, 0.2) is 66.7 Å². The molecule has 3 aromatic rings. The number of nitrogens with zero attached hydrogens (tertiary/aromatic N) is 2. The van der Waals surface area contributed by atoms with Gasteiger partial charge in [-0.1, -0.05) is 18.2 Å². The van der Waals surface area contributed by atoms with E-state index >= 15 is 0 Å². The average Bonchev–Trinajstić information content (AvgIpc) is 2.77. The third kappa shape index (κ3) is 5.36. The minimum atomic E-state index is -0.439. The van der Waals surface area contributed by atoms with Crippen molar-refractivity contribution in [3.8, 4) is 17.6 Å². The van der Waals surface area contributed by atoms with Crippen molar-refractivity contribution < 1.29 is 14.4 Å². The molecule has 0 fully saturated rings. The molecule has 0 aromatic heterocycles. The summed E-state index contributed by atoms with van der Waals surface area (Å²) in [5.74, 6) is 1.08. The fourth-order valence-electron chi connectivity index (χ4n) is 2.74. The van der Waals surface area contributed by atoms with Crippen LogP contribution in [0.25, 0.3) is 11.6 Å². The Morgan fingerprint density at radius 1 is 1.10 bits per heavy atom. The topological polar surface area (TPSA) is 85.4 Å². The van der Waals surface area contributed by atoms with Crippen LogP contribution >= 0.6 is 22.6 Å². The molecule has 0 unspecified atom stereocenters. The standard InChI is InChI=1S/C23H17IN2O4/c1-29-23-13-17(12-19(14-25)18-5-7-20(24)8-6-18)4-11-22(23)30-15-16-2-9-21(10-3-16)26(27)28/h2-13H,15H2,1H3/b19-12-. The van der Waals surface area contributed by atoms with Crippen molar-refractivity contribution in [3.63, 3.8) is 0 Å². The molecular weight excluding hydrogens is 495 g/mol. The Balaban J connectivity index is 1.78. The fourth-order valence-corrected chi connectivity index (χ4v) is 3.10. The molecule has 0 saturated carbocycles. The third-order valence-corrected chi connectivity index (χ3v) is 5.04. The maximum absolute atomic E-state index is 10.7. The molecule has 3 rings (SSSR count). The molecule has 0 N–H and O–H groups in total. The van der Waals surface area contributed by atoms with Gasteiger partial charge in [0.25, 0.3) is 5.69 Å². The first-order valence-corrected chi connectivity index (χ1v) is 10.00. The molecule has 0 aliphatic heterocycles. The summed E-state index contributed by atoms with van der Waals surface area (Å²) >= 11 is 2.22. The summed E-state index contributed by atoms with van der Waals surface area (Å²) in [5.41, 5.74) is 3.04. The second kappa shape index (κ2) is 9.89. The minimum absolute atomic E-state index is 0.0360. The Hall–Kier alpha value is -3.38. The van der Waals surface area contributed by atoms with Gasteiger partial charge in [-0.2, -0.15) is 5.26 Å². The Morgan fingerprint density at radius 3 is 2.40 bits per heavy atom. The lowest BCUT2D eigenvalue weighted by Gasteiger charge is -2.11. The number of non-ortho nitro benzene ring substituents is 1. The lowest BCUT2D eigenvalue weighted by molar-refractivity contribution is -0.384. The van der Waals surface area contributed by atoms with Gasteiger partial charge in [-0.25, -0.2) is 0 Å². The number of ether oxygens (including phenoxy) is 2. The van der Waals surface area contributed by atoms with Crippen molar-refractivity contribution >= 4 is 39.9 Å². The van der Waals surface area contributed by atoms with Gasteiger partial charge in [0.1, 0.15) is 6.61 Å². The summed E-state index contributed by atoms with van der Waals surface area (Å²) in [7, 11) is 1.55. The molecule has 150 valence electrons. The first-order chi connectivity index (χ1) is 14.5. The second-order valence-corrected chi connectivity index (χ2v) is 7.54. The first kappa shape index (κ1) is 21.3. The van der Waals surface area contributed by atoms with E-state index in [0.717, 1.165) is 20.3 Å². The van der Waals surface area contributed by atoms with Crippen LogP contribution in [0.5, 0.6) is 11.5 Å². The van der Waals surface area contributed by atoms with E-state index in [1.165, 1.54) is 12.1 Å². The van der Waals surface area contributed by atoms with E-state index < -0.39 is 4.92 Å². The van der Waals surface area contributed by atoms with E-state index in [-0.39, 0.29) is 12.3 Å². The van der Waals surface area contributed by atoms with Crippen LogP contribution in [0.2, 0.25) is 0 Å². The van der Waals surface area contributed by atoms with Crippen molar-refractivity contribution in [1.29, 1.82) is 5.26 Å². The van der Waals surface area contributed by atoms with Crippen molar-refractivity contribution in [1.82, 2.24) is 0 Å². The van der Waals surface area contributed by atoms with E-state index in [1.807, 2.05) is 30.3 Å². The average molecular weight is 512 g/mol. The molecule has 0 saturated heterocycles. The summed E-state index contributed by atoms with van der Waals surface area (Å²) in [6.07, 6.45) is 1.80. The first-order valence-electron chi connectivity index (χ1n) is 8.92. The van der Waals surface area contributed by atoms with E-state index in [0.29, 0.717) is 17.1 Å². The van der Waals surface area contributed by atoms with E-state index in [9.17, 15) is 15.4 Å².